The lowest BCUT2D eigenvalue weighted by atomic mass is 9.94. The Morgan fingerprint density at radius 1 is 1.25 bits per heavy atom. The van der Waals surface area contributed by atoms with Crippen LogP contribution in [0.25, 0.3) is 10.9 Å². The zero-order valence-electron chi connectivity index (χ0n) is 14.3. The fourth-order valence-corrected chi connectivity index (χ4v) is 3.22. The Morgan fingerprint density at radius 3 is 2.46 bits per heavy atom. The summed E-state index contributed by atoms with van der Waals surface area (Å²) in [4.78, 5) is 12.9. The van der Waals surface area contributed by atoms with Crippen molar-refractivity contribution in [2.24, 2.45) is 7.05 Å². The number of aliphatic hydroxyl groups is 2. The average molecular weight is 335 g/mol. The highest BCUT2D eigenvalue weighted by atomic mass is 16.5. The van der Waals surface area contributed by atoms with E-state index in [0.717, 1.165) is 0 Å². The van der Waals surface area contributed by atoms with Gasteiger partial charge in [-0.2, -0.15) is 0 Å². The maximum atomic E-state index is 12.9. The van der Waals surface area contributed by atoms with Gasteiger partial charge >= 0.3 is 0 Å². The molecule has 1 aliphatic rings. The van der Waals surface area contributed by atoms with Gasteiger partial charge in [-0.25, -0.2) is 0 Å². The van der Waals surface area contributed by atoms with Crippen molar-refractivity contribution in [2.75, 3.05) is 14.2 Å². The number of ether oxygens (including phenoxy) is 3. The van der Waals surface area contributed by atoms with Crippen molar-refractivity contribution in [3.05, 3.63) is 27.9 Å². The van der Waals surface area contributed by atoms with Crippen LogP contribution in [0.2, 0.25) is 0 Å². The van der Waals surface area contributed by atoms with Crippen molar-refractivity contribution in [3.8, 4) is 17.4 Å². The molecule has 3 rings (SSSR count). The molecule has 0 saturated carbocycles. The van der Waals surface area contributed by atoms with Gasteiger partial charge < -0.3 is 29.0 Å². The van der Waals surface area contributed by atoms with E-state index in [-0.39, 0.29) is 16.9 Å². The zero-order chi connectivity index (χ0) is 17.8. The smallest absolute Gasteiger partial charge is 0.204 e. The molecule has 2 heterocycles. The lowest BCUT2D eigenvalue weighted by molar-refractivity contribution is -0.0779. The number of fused-ring (bicyclic) bond motifs is 2. The second-order valence-corrected chi connectivity index (χ2v) is 6.44. The van der Waals surface area contributed by atoms with Crippen LogP contribution in [0.4, 0.5) is 0 Å². The number of hydrogen-bond acceptors (Lipinski definition) is 6. The van der Waals surface area contributed by atoms with E-state index in [1.165, 1.54) is 28.1 Å². The number of methoxy groups -OCH3 is 2. The molecular formula is C17H21NO6. The van der Waals surface area contributed by atoms with Gasteiger partial charge in [-0.15, -0.1) is 0 Å². The molecule has 1 aliphatic heterocycles. The Bertz CT molecular complexity index is 864. The molecule has 0 saturated heterocycles. The van der Waals surface area contributed by atoms with Gasteiger partial charge in [-0.1, -0.05) is 0 Å². The van der Waals surface area contributed by atoms with E-state index >= 15 is 0 Å². The first-order valence-corrected chi connectivity index (χ1v) is 7.57. The maximum Gasteiger partial charge on any atom is 0.204 e. The molecule has 0 fully saturated rings. The largest absolute Gasteiger partial charge is 0.493 e. The minimum absolute atomic E-state index is 0.143. The molecule has 0 amide bonds. The number of pyridine rings is 1. The van der Waals surface area contributed by atoms with E-state index < -0.39 is 17.8 Å². The van der Waals surface area contributed by atoms with E-state index in [2.05, 4.69) is 0 Å². The summed E-state index contributed by atoms with van der Waals surface area (Å²) in [6, 6.07) is 3.27. The predicted octanol–water partition coefficient (Wildman–Crippen LogP) is 1.12. The van der Waals surface area contributed by atoms with Crippen molar-refractivity contribution in [1.82, 2.24) is 4.57 Å². The highest BCUT2D eigenvalue weighted by Gasteiger charge is 2.45. The third-order valence-corrected chi connectivity index (χ3v) is 4.40. The van der Waals surface area contributed by atoms with E-state index in [0.29, 0.717) is 22.4 Å². The summed E-state index contributed by atoms with van der Waals surface area (Å²) >= 11 is 0. The summed E-state index contributed by atoms with van der Waals surface area (Å²) in [6.45, 7) is 3.06. The molecular weight excluding hydrogens is 314 g/mol. The molecule has 2 N–H and O–H groups in total. The maximum absolute atomic E-state index is 12.9. The number of aromatic nitrogens is 1. The number of aliphatic hydroxyl groups excluding tert-OH is 1. The number of benzene rings is 1. The first-order valence-electron chi connectivity index (χ1n) is 7.57. The van der Waals surface area contributed by atoms with Gasteiger partial charge in [0.05, 0.1) is 30.8 Å². The molecule has 24 heavy (non-hydrogen) atoms. The third-order valence-electron chi connectivity index (χ3n) is 4.40. The lowest BCUT2D eigenvalue weighted by Gasteiger charge is -2.27. The molecule has 1 aromatic carbocycles. The van der Waals surface area contributed by atoms with Crippen molar-refractivity contribution >= 4 is 10.9 Å². The molecule has 0 unspecified atom stereocenters. The van der Waals surface area contributed by atoms with Crippen molar-refractivity contribution in [3.63, 3.8) is 0 Å². The van der Waals surface area contributed by atoms with Crippen molar-refractivity contribution < 1.29 is 24.4 Å². The topological polar surface area (TPSA) is 90.2 Å². The van der Waals surface area contributed by atoms with Crippen molar-refractivity contribution in [2.45, 2.75) is 31.7 Å². The zero-order valence-corrected chi connectivity index (χ0v) is 14.3. The second-order valence-electron chi connectivity index (χ2n) is 6.44. The van der Waals surface area contributed by atoms with Crippen LogP contribution >= 0.6 is 0 Å². The van der Waals surface area contributed by atoms with Crippen LogP contribution in [0.15, 0.2) is 16.9 Å². The van der Waals surface area contributed by atoms with E-state index in [4.69, 9.17) is 14.2 Å². The summed E-state index contributed by atoms with van der Waals surface area (Å²) in [5.41, 5.74) is -1.02. The summed E-state index contributed by atoms with van der Waals surface area (Å²) in [6.07, 6.45) is -2.15. The van der Waals surface area contributed by atoms with Crippen LogP contribution in [-0.2, 0) is 7.05 Å². The lowest BCUT2D eigenvalue weighted by Crippen LogP contribution is -2.42. The molecule has 7 heteroatoms. The summed E-state index contributed by atoms with van der Waals surface area (Å²) in [5.74, 6) is 1.11. The summed E-state index contributed by atoms with van der Waals surface area (Å²) in [5, 5.41) is 21.1. The number of nitrogens with zero attached hydrogens (tertiary/aromatic N) is 1. The fraction of sp³-hybridized carbons (Fsp3) is 0.471. The average Bonchev–Trinajstić information content (AvgIpc) is 2.89. The quantitative estimate of drug-likeness (QED) is 0.874. The van der Waals surface area contributed by atoms with Crippen LogP contribution in [-0.4, -0.2) is 40.7 Å². The van der Waals surface area contributed by atoms with Gasteiger partial charge in [0.1, 0.15) is 11.6 Å². The van der Waals surface area contributed by atoms with Crippen LogP contribution in [0.1, 0.15) is 25.5 Å². The van der Waals surface area contributed by atoms with Gasteiger partial charge in [0.15, 0.2) is 23.0 Å². The van der Waals surface area contributed by atoms with Crippen LogP contribution in [0, 0.1) is 0 Å². The molecule has 0 spiro atoms. The number of hydrogen-bond donors (Lipinski definition) is 2. The molecule has 130 valence electrons. The molecule has 7 nitrogen and oxygen atoms in total. The summed E-state index contributed by atoms with van der Waals surface area (Å²) < 4.78 is 18.1. The van der Waals surface area contributed by atoms with Crippen LogP contribution in [0.3, 0.4) is 0 Å². The monoisotopic (exact) mass is 335 g/mol. The molecule has 0 radical (unpaired) electrons. The Kier molecular flexibility index (Phi) is 3.73. The van der Waals surface area contributed by atoms with Crippen LogP contribution < -0.4 is 19.6 Å². The molecule has 0 aliphatic carbocycles. The van der Waals surface area contributed by atoms with Crippen molar-refractivity contribution in [1.29, 1.82) is 0 Å². The van der Waals surface area contributed by atoms with E-state index in [1.807, 2.05) is 0 Å². The van der Waals surface area contributed by atoms with E-state index in [9.17, 15) is 15.0 Å². The minimum atomic E-state index is -1.31. The standard InChI is InChI=1S/C17H21NO6/c1-17(2,21)15-13(20)10-12(19)8-6-7-9(22-4)14(23-5)11(8)18(3)16(10)24-15/h6-7,13,15,20-21H,1-5H3/t13-,15+/m1/s1. The second kappa shape index (κ2) is 5.39. The fourth-order valence-electron chi connectivity index (χ4n) is 3.22. The normalized spacial score (nSPS) is 20.0. The number of rotatable bonds is 3. The minimum Gasteiger partial charge on any atom is -0.493 e. The first-order chi connectivity index (χ1) is 11.2. The summed E-state index contributed by atoms with van der Waals surface area (Å²) in [7, 11) is 4.71. The SMILES string of the molecule is COc1ccc2c(=O)c3c(n(C)c2c1OC)O[C@H](C(C)(C)O)[C@@H]3O. The molecule has 2 atom stereocenters. The van der Waals surface area contributed by atoms with Crippen LogP contribution in [0.5, 0.6) is 17.4 Å². The highest BCUT2D eigenvalue weighted by Crippen LogP contribution is 2.43. The highest BCUT2D eigenvalue weighted by molar-refractivity contribution is 5.89. The molecule has 0 bridgehead atoms. The predicted molar refractivity (Wildman–Crippen MR) is 88.0 cm³/mol. The van der Waals surface area contributed by atoms with E-state index in [1.54, 1.807) is 23.7 Å². The Morgan fingerprint density at radius 2 is 1.92 bits per heavy atom. The first kappa shape index (κ1) is 16.6. The van der Waals surface area contributed by atoms with Gasteiger partial charge in [0.2, 0.25) is 5.88 Å². The molecule has 2 aromatic rings. The van der Waals surface area contributed by atoms with Gasteiger partial charge in [-0.05, 0) is 26.0 Å². The Labute approximate surface area is 139 Å². The Hall–Kier alpha value is -2.25. The Balaban J connectivity index is 2.37. The number of aryl methyl sites for hydroxylation is 1. The third kappa shape index (κ3) is 2.16. The molecule has 1 aromatic heterocycles. The van der Waals surface area contributed by atoms with Gasteiger partial charge in [0.25, 0.3) is 0 Å². The van der Waals surface area contributed by atoms with Gasteiger partial charge in [0, 0.05) is 7.05 Å². The van der Waals surface area contributed by atoms with Gasteiger partial charge in [-0.3, -0.25) is 4.79 Å².